The summed E-state index contributed by atoms with van der Waals surface area (Å²) in [7, 11) is 0. The number of piperidine rings is 1. The fraction of sp³-hybridized carbons (Fsp3) is 0.538. The first kappa shape index (κ1) is 11.6. The highest BCUT2D eigenvalue weighted by Crippen LogP contribution is 2.22. The van der Waals surface area contributed by atoms with Gasteiger partial charge < -0.3 is 10.2 Å². The van der Waals surface area contributed by atoms with E-state index in [1.165, 1.54) is 5.56 Å². The third-order valence-electron chi connectivity index (χ3n) is 3.33. The van der Waals surface area contributed by atoms with Gasteiger partial charge >= 0.3 is 0 Å². The van der Waals surface area contributed by atoms with Gasteiger partial charge in [0.05, 0.1) is 11.7 Å². The molecule has 0 radical (unpaired) electrons. The van der Waals surface area contributed by atoms with Gasteiger partial charge in [0.2, 0.25) is 0 Å². The van der Waals surface area contributed by atoms with E-state index < -0.39 is 11.7 Å². The molecule has 16 heavy (non-hydrogen) atoms. The number of aliphatic hydroxyl groups excluding tert-OH is 1. The van der Waals surface area contributed by atoms with E-state index in [4.69, 9.17) is 0 Å². The number of nitrogens with zero attached hydrogens (tertiary/aromatic N) is 1. The van der Waals surface area contributed by atoms with E-state index >= 15 is 0 Å². The van der Waals surface area contributed by atoms with Crippen molar-refractivity contribution in [1.82, 2.24) is 4.90 Å². The highest BCUT2D eigenvalue weighted by molar-refractivity contribution is 5.14. The van der Waals surface area contributed by atoms with Crippen molar-refractivity contribution in [3.63, 3.8) is 0 Å². The van der Waals surface area contributed by atoms with Crippen molar-refractivity contribution < 1.29 is 10.2 Å². The molecule has 0 spiro atoms. The molecule has 0 amide bonds. The van der Waals surface area contributed by atoms with Crippen LogP contribution in [0, 0.1) is 0 Å². The first-order chi connectivity index (χ1) is 7.58. The highest BCUT2D eigenvalue weighted by Gasteiger charge is 2.35. The standard InChI is InChI=1S/C13H19NO2/c1-13(16)7-8-14(10-12(13)15)9-11-5-3-2-4-6-11/h2-6,12,15-16H,7-10H2,1H3/t12-,13+/m1/s1. The predicted molar refractivity (Wildman–Crippen MR) is 63.0 cm³/mol. The van der Waals surface area contributed by atoms with Gasteiger partial charge in [-0.1, -0.05) is 30.3 Å². The molecule has 0 saturated carbocycles. The van der Waals surface area contributed by atoms with E-state index in [0.717, 1.165) is 13.1 Å². The van der Waals surface area contributed by atoms with Crippen molar-refractivity contribution in [1.29, 1.82) is 0 Å². The molecule has 2 atom stereocenters. The van der Waals surface area contributed by atoms with E-state index in [1.54, 1.807) is 6.92 Å². The molecule has 3 nitrogen and oxygen atoms in total. The molecule has 88 valence electrons. The second-order valence-corrected chi connectivity index (χ2v) is 4.84. The van der Waals surface area contributed by atoms with Crippen LogP contribution < -0.4 is 0 Å². The van der Waals surface area contributed by atoms with Crippen LogP contribution in [0.15, 0.2) is 30.3 Å². The summed E-state index contributed by atoms with van der Waals surface area (Å²) in [6, 6.07) is 10.2. The SMILES string of the molecule is C[C@]1(O)CCN(Cc2ccccc2)C[C@H]1O. The van der Waals surface area contributed by atoms with E-state index in [0.29, 0.717) is 13.0 Å². The summed E-state index contributed by atoms with van der Waals surface area (Å²) < 4.78 is 0. The minimum atomic E-state index is -0.923. The van der Waals surface area contributed by atoms with Crippen LogP contribution in [0.1, 0.15) is 18.9 Å². The van der Waals surface area contributed by atoms with Crippen LogP contribution in [0.4, 0.5) is 0 Å². The fourth-order valence-electron chi connectivity index (χ4n) is 2.07. The van der Waals surface area contributed by atoms with Crippen LogP contribution in [-0.4, -0.2) is 39.9 Å². The summed E-state index contributed by atoms with van der Waals surface area (Å²) in [5.74, 6) is 0. The Hall–Kier alpha value is -0.900. The van der Waals surface area contributed by atoms with E-state index in [1.807, 2.05) is 18.2 Å². The molecule has 2 rings (SSSR count). The Kier molecular flexibility index (Phi) is 3.28. The lowest BCUT2D eigenvalue weighted by Gasteiger charge is -2.39. The Morgan fingerprint density at radius 1 is 1.38 bits per heavy atom. The van der Waals surface area contributed by atoms with Gasteiger partial charge in [0, 0.05) is 19.6 Å². The summed E-state index contributed by atoms with van der Waals surface area (Å²) in [5.41, 5.74) is 0.323. The van der Waals surface area contributed by atoms with E-state index in [9.17, 15) is 10.2 Å². The molecule has 1 aliphatic rings. The molecule has 0 aliphatic carbocycles. The maximum absolute atomic E-state index is 9.85. The number of rotatable bonds is 2. The number of hydrogen-bond donors (Lipinski definition) is 2. The van der Waals surface area contributed by atoms with Crippen molar-refractivity contribution in [2.75, 3.05) is 13.1 Å². The maximum atomic E-state index is 9.85. The van der Waals surface area contributed by atoms with Crippen LogP contribution in [-0.2, 0) is 6.54 Å². The Morgan fingerprint density at radius 2 is 2.06 bits per heavy atom. The molecule has 1 aromatic carbocycles. The molecule has 1 fully saturated rings. The number of aliphatic hydroxyl groups is 2. The lowest BCUT2D eigenvalue weighted by atomic mass is 9.90. The normalized spacial score (nSPS) is 31.6. The van der Waals surface area contributed by atoms with E-state index in [-0.39, 0.29) is 0 Å². The molecule has 1 aliphatic heterocycles. The molecule has 0 bridgehead atoms. The Morgan fingerprint density at radius 3 is 2.69 bits per heavy atom. The van der Waals surface area contributed by atoms with Crippen LogP contribution in [0.5, 0.6) is 0 Å². The van der Waals surface area contributed by atoms with Crippen LogP contribution in [0.2, 0.25) is 0 Å². The monoisotopic (exact) mass is 221 g/mol. The summed E-state index contributed by atoms with van der Waals surface area (Å²) >= 11 is 0. The van der Waals surface area contributed by atoms with Gasteiger partial charge in [-0.2, -0.15) is 0 Å². The van der Waals surface area contributed by atoms with Crippen molar-refractivity contribution in [2.24, 2.45) is 0 Å². The molecule has 0 unspecified atom stereocenters. The Labute approximate surface area is 96.3 Å². The van der Waals surface area contributed by atoms with Crippen LogP contribution >= 0.6 is 0 Å². The average Bonchev–Trinajstić information content (AvgIpc) is 2.26. The Bertz CT molecular complexity index is 337. The summed E-state index contributed by atoms with van der Waals surface area (Å²) in [5, 5.41) is 19.6. The van der Waals surface area contributed by atoms with Gasteiger partial charge in [0.15, 0.2) is 0 Å². The molecule has 0 aromatic heterocycles. The third kappa shape index (κ3) is 2.61. The maximum Gasteiger partial charge on any atom is 0.0951 e. The van der Waals surface area contributed by atoms with Gasteiger partial charge in [0.25, 0.3) is 0 Å². The minimum Gasteiger partial charge on any atom is -0.389 e. The van der Waals surface area contributed by atoms with Crippen molar-refractivity contribution in [3.05, 3.63) is 35.9 Å². The molecule has 2 N–H and O–H groups in total. The summed E-state index contributed by atoms with van der Waals surface area (Å²) in [4.78, 5) is 2.18. The van der Waals surface area contributed by atoms with Crippen LogP contribution in [0.3, 0.4) is 0 Å². The number of β-amino-alcohol motifs (C(OH)–C–C–N with tert-alkyl or cyclic N) is 1. The van der Waals surface area contributed by atoms with Gasteiger partial charge in [0.1, 0.15) is 0 Å². The first-order valence-electron chi connectivity index (χ1n) is 5.75. The van der Waals surface area contributed by atoms with Gasteiger partial charge in [-0.05, 0) is 18.9 Å². The lowest BCUT2D eigenvalue weighted by molar-refractivity contribution is -0.108. The van der Waals surface area contributed by atoms with Gasteiger partial charge in [-0.25, -0.2) is 0 Å². The number of benzene rings is 1. The zero-order valence-corrected chi connectivity index (χ0v) is 9.63. The molecule has 3 heteroatoms. The second-order valence-electron chi connectivity index (χ2n) is 4.84. The van der Waals surface area contributed by atoms with E-state index in [2.05, 4.69) is 17.0 Å². The lowest BCUT2D eigenvalue weighted by Crippen LogP contribution is -2.53. The van der Waals surface area contributed by atoms with Gasteiger partial charge in [-0.15, -0.1) is 0 Å². The van der Waals surface area contributed by atoms with Gasteiger partial charge in [-0.3, -0.25) is 4.90 Å². The quantitative estimate of drug-likeness (QED) is 0.783. The second kappa shape index (κ2) is 4.53. The molecular weight excluding hydrogens is 202 g/mol. The number of hydrogen-bond acceptors (Lipinski definition) is 3. The van der Waals surface area contributed by atoms with Crippen molar-refractivity contribution in [2.45, 2.75) is 31.6 Å². The average molecular weight is 221 g/mol. The molecule has 1 saturated heterocycles. The largest absolute Gasteiger partial charge is 0.389 e. The zero-order valence-electron chi connectivity index (χ0n) is 9.63. The topological polar surface area (TPSA) is 43.7 Å². The van der Waals surface area contributed by atoms with Crippen molar-refractivity contribution >= 4 is 0 Å². The third-order valence-corrected chi connectivity index (χ3v) is 3.33. The molecule has 1 aromatic rings. The van der Waals surface area contributed by atoms with Crippen molar-refractivity contribution in [3.8, 4) is 0 Å². The minimum absolute atomic E-state index is 0.544. The number of likely N-dealkylation sites (tertiary alicyclic amines) is 1. The Balaban J connectivity index is 1.94. The summed E-state index contributed by atoms with van der Waals surface area (Å²) in [6.07, 6.45) is -0.0222. The molecule has 1 heterocycles. The zero-order chi connectivity index (χ0) is 11.6. The molecular formula is C13H19NO2. The van der Waals surface area contributed by atoms with Crippen LogP contribution in [0.25, 0.3) is 0 Å². The first-order valence-corrected chi connectivity index (χ1v) is 5.75. The highest BCUT2D eigenvalue weighted by atomic mass is 16.3. The smallest absolute Gasteiger partial charge is 0.0951 e. The fourth-order valence-corrected chi connectivity index (χ4v) is 2.07. The summed E-state index contributed by atoms with van der Waals surface area (Å²) in [6.45, 7) is 3.92. The predicted octanol–water partition coefficient (Wildman–Crippen LogP) is 1.00.